The van der Waals surface area contributed by atoms with Gasteiger partial charge >= 0.3 is 7.12 Å². The summed E-state index contributed by atoms with van der Waals surface area (Å²) >= 11 is 0. The molecule has 0 radical (unpaired) electrons. The summed E-state index contributed by atoms with van der Waals surface area (Å²) in [5.74, 6) is -5.40. The minimum absolute atomic E-state index is 0.0309. The van der Waals surface area contributed by atoms with Crippen LogP contribution in [0.5, 0.6) is 0 Å². The molecule has 4 nitrogen and oxygen atoms in total. The molecule has 0 saturated carbocycles. The van der Waals surface area contributed by atoms with Crippen molar-refractivity contribution in [1.29, 1.82) is 0 Å². The molecule has 0 spiro atoms. The molecule has 0 N–H and O–H groups in total. The molecule has 2 heterocycles. The van der Waals surface area contributed by atoms with Crippen molar-refractivity contribution in [2.45, 2.75) is 90.0 Å². The zero-order valence-corrected chi connectivity index (χ0v) is 17.1. The molecule has 1 unspecified atom stereocenters. The Morgan fingerprint density at radius 1 is 1.11 bits per heavy atom. The summed E-state index contributed by atoms with van der Waals surface area (Å²) in [5.41, 5.74) is -1.71. The lowest BCUT2D eigenvalue weighted by atomic mass is 9.68. The standard InChI is InChI=1S/C20H30BF2NO3/c1-13-9-7-10-14(2)24(13)17(25)15-11-8-12-16(20(15,22)23)21-26-18(3,4)19(5,6)27-21/h8,11-15H,7,9-10H2,1-6H3/t13-,14+,15?. The number of halogens is 2. The molecule has 3 atom stereocenters. The zero-order chi connectivity index (χ0) is 20.2. The first kappa shape index (κ1) is 20.5. The van der Waals surface area contributed by atoms with Crippen LogP contribution >= 0.6 is 0 Å². The van der Waals surface area contributed by atoms with E-state index in [9.17, 15) is 4.79 Å². The fraction of sp³-hybridized carbons (Fsp3) is 0.750. The third-order valence-corrected chi connectivity index (χ3v) is 6.58. The van der Waals surface area contributed by atoms with Crippen LogP contribution in [-0.2, 0) is 14.1 Å². The van der Waals surface area contributed by atoms with E-state index in [0.29, 0.717) is 0 Å². The molecule has 0 aromatic heterocycles. The van der Waals surface area contributed by atoms with Gasteiger partial charge in [0.15, 0.2) is 0 Å². The molecule has 0 bridgehead atoms. The van der Waals surface area contributed by atoms with Crippen molar-refractivity contribution in [2.24, 2.45) is 5.92 Å². The van der Waals surface area contributed by atoms with E-state index < -0.39 is 36.1 Å². The second kappa shape index (κ2) is 6.69. The van der Waals surface area contributed by atoms with Gasteiger partial charge in [0.25, 0.3) is 5.92 Å². The topological polar surface area (TPSA) is 38.8 Å². The number of likely N-dealkylation sites (tertiary alicyclic amines) is 1. The molecule has 0 aromatic carbocycles. The maximum Gasteiger partial charge on any atom is 0.496 e. The van der Waals surface area contributed by atoms with Crippen molar-refractivity contribution in [1.82, 2.24) is 4.90 Å². The number of carbonyl (C=O) groups is 1. The maximum atomic E-state index is 15.4. The number of piperidine rings is 1. The van der Waals surface area contributed by atoms with Gasteiger partial charge in [-0.3, -0.25) is 4.79 Å². The van der Waals surface area contributed by atoms with E-state index in [1.807, 2.05) is 41.5 Å². The Balaban J connectivity index is 1.86. The highest BCUT2D eigenvalue weighted by Gasteiger charge is 2.60. The third kappa shape index (κ3) is 3.37. The number of allylic oxidation sites excluding steroid dienone is 3. The Bertz CT molecular complexity index is 648. The molecule has 0 aromatic rings. The number of carbonyl (C=O) groups excluding carboxylic acids is 1. The number of amides is 1. The van der Waals surface area contributed by atoms with Gasteiger partial charge in [-0.25, -0.2) is 8.78 Å². The Hall–Kier alpha value is -1.21. The van der Waals surface area contributed by atoms with Crippen molar-refractivity contribution in [3.63, 3.8) is 0 Å². The minimum atomic E-state index is -3.36. The van der Waals surface area contributed by atoms with E-state index in [1.54, 1.807) is 4.90 Å². The molecular formula is C20H30BF2NO3. The van der Waals surface area contributed by atoms with Gasteiger partial charge in [0.2, 0.25) is 5.91 Å². The van der Waals surface area contributed by atoms with Gasteiger partial charge in [0.1, 0.15) is 5.92 Å². The lowest BCUT2D eigenvalue weighted by molar-refractivity contribution is -0.148. The summed E-state index contributed by atoms with van der Waals surface area (Å²) in [6.45, 7) is 11.2. The average Bonchev–Trinajstić information content (AvgIpc) is 2.74. The summed E-state index contributed by atoms with van der Waals surface area (Å²) in [4.78, 5) is 14.7. The van der Waals surface area contributed by atoms with Crippen molar-refractivity contribution < 1.29 is 22.9 Å². The van der Waals surface area contributed by atoms with Crippen LogP contribution < -0.4 is 0 Å². The lowest BCUT2D eigenvalue weighted by Crippen LogP contribution is -2.54. The summed E-state index contributed by atoms with van der Waals surface area (Å²) in [5, 5.41) is 0. The van der Waals surface area contributed by atoms with Gasteiger partial charge in [-0.05, 0) is 60.8 Å². The van der Waals surface area contributed by atoms with Gasteiger partial charge in [-0.1, -0.05) is 18.2 Å². The second-order valence-corrected chi connectivity index (χ2v) is 9.07. The van der Waals surface area contributed by atoms with Gasteiger partial charge < -0.3 is 14.2 Å². The molecule has 2 saturated heterocycles. The number of hydrogen-bond donors (Lipinski definition) is 0. The van der Waals surface area contributed by atoms with Crippen molar-refractivity contribution in [3.05, 3.63) is 23.7 Å². The highest BCUT2D eigenvalue weighted by molar-refractivity contribution is 6.55. The molecule has 150 valence electrons. The summed E-state index contributed by atoms with van der Waals surface area (Å²) < 4.78 is 42.5. The SMILES string of the molecule is C[C@@H]1CCC[C@H](C)N1C(=O)C1C=CC=C(B2OC(C)(C)C(C)(C)O2)C1(F)F. The molecule has 7 heteroatoms. The molecule has 1 amide bonds. The van der Waals surface area contributed by atoms with Gasteiger partial charge in [-0.2, -0.15) is 0 Å². The molecule has 2 aliphatic heterocycles. The van der Waals surface area contributed by atoms with Crippen molar-refractivity contribution in [3.8, 4) is 0 Å². The number of alkyl halides is 2. The van der Waals surface area contributed by atoms with E-state index in [0.717, 1.165) is 19.3 Å². The molecule has 1 aliphatic carbocycles. The normalized spacial score (nSPS) is 34.5. The summed E-state index contributed by atoms with van der Waals surface area (Å²) in [6.07, 6.45) is 6.87. The fourth-order valence-corrected chi connectivity index (χ4v) is 4.14. The van der Waals surface area contributed by atoms with E-state index in [1.165, 1.54) is 18.2 Å². The van der Waals surface area contributed by atoms with E-state index >= 15 is 8.78 Å². The van der Waals surface area contributed by atoms with Crippen molar-refractivity contribution in [2.75, 3.05) is 0 Å². The van der Waals surface area contributed by atoms with Crippen LogP contribution in [0.1, 0.15) is 60.8 Å². The maximum absolute atomic E-state index is 15.4. The molecular weight excluding hydrogens is 351 g/mol. The van der Waals surface area contributed by atoms with Crippen LogP contribution in [0.3, 0.4) is 0 Å². The second-order valence-electron chi connectivity index (χ2n) is 9.07. The average molecular weight is 381 g/mol. The van der Waals surface area contributed by atoms with Crippen LogP contribution in [0, 0.1) is 5.92 Å². The first-order chi connectivity index (χ1) is 12.4. The van der Waals surface area contributed by atoms with Crippen LogP contribution in [0.15, 0.2) is 23.7 Å². The largest absolute Gasteiger partial charge is 0.496 e. The number of rotatable bonds is 2. The smallest absolute Gasteiger partial charge is 0.399 e. The summed E-state index contributed by atoms with van der Waals surface area (Å²) in [6, 6.07) is -0.0618. The predicted octanol–water partition coefficient (Wildman–Crippen LogP) is 4.16. The molecule has 2 fully saturated rings. The zero-order valence-electron chi connectivity index (χ0n) is 17.1. The predicted molar refractivity (Wildman–Crippen MR) is 101 cm³/mol. The Labute approximate surface area is 161 Å². The van der Waals surface area contributed by atoms with Crippen LogP contribution in [0.4, 0.5) is 8.78 Å². The summed E-state index contributed by atoms with van der Waals surface area (Å²) in [7, 11) is -1.17. The molecule has 3 rings (SSSR count). The first-order valence-corrected chi connectivity index (χ1v) is 9.83. The van der Waals surface area contributed by atoms with E-state index in [-0.39, 0.29) is 17.6 Å². The number of hydrogen-bond acceptors (Lipinski definition) is 3. The Kier molecular flexibility index (Phi) is 5.09. The van der Waals surface area contributed by atoms with Crippen LogP contribution in [0.2, 0.25) is 0 Å². The van der Waals surface area contributed by atoms with Gasteiger partial charge in [0, 0.05) is 17.6 Å². The fourth-order valence-electron chi connectivity index (χ4n) is 4.14. The minimum Gasteiger partial charge on any atom is -0.399 e. The Morgan fingerprint density at radius 3 is 2.15 bits per heavy atom. The number of nitrogens with zero attached hydrogens (tertiary/aromatic N) is 1. The Morgan fingerprint density at radius 2 is 1.63 bits per heavy atom. The lowest BCUT2D eigenvalue weighted by Gasteiger charge is -2.42. The molecule has 27 heavy (non-hydrogen) atoms. The van der Waals surface area contributed by atoms with Crippen LogP contribution in [-0.4, -0.2) is 47.1 Å². The van der Waals surface area contributed by atoms with E-state index in [4.69, 9.17) is 9.31 Å². The van der Waals surface area contributed by atoms with Crippen LogP contribution in [0.25, 0.3) is 0 Å². The van der Waals surface area contributed by atoms with Gasteiger partial charge in [0.05, 0.1) is 11.2 Å². The highest BCUT2D eigenvalue weighted by Crippen LogP contribution is 2.46. The first-order valence-electron chi connectivity index (χ1n) is 9.83. The van der Waals surface area contributed by atoms with E-state index in [2.05, 4.69) is 0 Å². The molecule has 3 aliphatic rings. The van der Waals surface area contributed by atoms with Crippen molar-refractivity contribution >= 4 is 13.0 Å². The highest BCUT2D eigenvalue weighted by atomic mass is 19.3. The van der Waals surface area contributed by atoms with Gasteiger partial charge in [-0.15, -0.1) is 0 Å². The monoisotopic (exact) mass is 381 g/mol. The third-order valence-electron chi connectivity index (χ3n) is 6.58. The quantitative estimate of drug-likeness (QED) is 0.675.